The van der Waals surface area contributed by atoms with Gasteiger partial charge >= 0.3 is 6.09 Å². The lowest BCUT2D eigenvalue weighted by atomic mass is 9.88. The van der Waals surface area contributed by atoms with Gasteiger partial charge in [-0.15, -0.1) is 11.3 Å². The van der Waals surface area contributed by atoms with E-state index >= 15 is 0 Å². The lowest BCUT2D eigenvalue weighted by molar-refractivity contribution is 0.00569. The summed E-state index contributed by atoms with van der Waals surface area (Å²) in [6, 6.07) is 8.71. The molecular weight excluding hydrogens is 719 g/mol. The molecule has 0 aliphatic carbocycles. The third-order valence-electron chi connectivity index (χ3n) is 9.95. The molecule has 1 amide bonds. The molecule has 6 rings (SSSR count). The monoisotopic (exact) mass is 777 g/mol. The maximum absolute atomic E-state index is 13.3. The molecule has 2 aliphatic rings. The first-order valence-electron chi connectivity index (χ1n) is 19.1. The van der Waals surface area contributed by atoms with Crippen molar-refractivity contribution in [2.24, 2.45) is 0 Å². The molecule has 0 saturated carbocycles. The molecule has 2 fully saturated rings. The van der Waals surface area contributed by atoms with E-state index in [4.69, 9.17) is 29.3 Å². The minimum Gasteiger partial charge on any atom is -0.444 e. The highest BCUT2D eigenvalue weighted by molar-refractivity contribution is 7.14. The molecule has 2 saturated heterocycles. The predicted octanol–water partition coefficient (Wildman–Crippen LogP) is 9.30. The van der Waals surface area contributed by atoms with Gasteiger partial charge in [0.1, 0.15) is 29.9 Å². The number of piperidine rings is 1. The van der Waals surface area contributed by atoms with Crippen LogP contribution >= 0.6 is 11.3 Å². The Labute approximate surface area is 321 Å². The van der Waals surface area contributed by atoms with Gasteiger partial charge in [0, 0.05) is 87.5 Å². The summed E-state index contributed by atoms with van der Waals surface area (Å²) in [6.45, 7) is 24.3. The van der Waals surface area contributed by atoms with E-state index in [2.05, 4.69) is 68.2 Å². The molecule has 3 atom stereocenters. The number of thiazole rings is 1. The van der Waals surface area contributed by atoms with Crippen molar-refractivity contribution in [1.82, 2.24) is 29.5 Å². The molecule has 4 aromatic heterocycles. The van der Waals surface area contributed by atoms with Crippen molar-refractivity contribution >= 4 is 45.0 Å². The van der Waals surface area contributed by atoms with Crippen LogP contribution in [0.4, 0.5) is 10.6 Å². The number of hydrogen-bond donors (Lipinski definition) is 0. The van der Waals surface area contributed by atoms with Gasteiger partial charge < -0.3 is 24.0 Å². The fourth-order valence-electron chi connectivity index (χ4n) is 7.06. The second-order valence-corrected chi connectivity index (χ2v) is 30.7. The second kappa shape index (κ2) is 15.9. The zero-order chi connectivity index (χ0) is 38.1. The van der Waals surface area contributed by atoms with Gasteiger partial charge in [-0.05, 0) is 71.5 Å². The third-order valence-corrected chi connectivity index (χ3v) is 14.3. The number of ether oxygens (including phenoxy) is 3. The van der Waals surface area contributed by atoms with Gasteiger partial charge in [-0.3, -0.25) is 4.98 Å². The molecule has 2 bridgehead atoms. The van der Waals surface area contributed by atoms with Gasteiger partial charge in [-0.2, -0.15) is 9.61 Å². The first-order chi connectivity index (χ1) is 24.9. The summed E-state index contributed by atoms with van der Waals surface area (Å²) < 4.78 is 20.6. The second-order valence-electron chi connectivity index (χ2n) is 18.2. The molecule has 14 heteroatoms. The molecule has 2 aliphatic heterocycles. The molecule has 1 unspecified atom stereocenters. The fraction of sp³-hybridized carbons (Fsp3) is 0.615. The Morgan fingerprint density at radius 1 is 0.925 bits per heavy atom. The fourth-order valence-corrected chi connectivity index (χ4v) is 9.32. The Balaban J connectivity index is 1.36. The maximum atomic E-state index is 13.3. The first kappa shape index (κ1) is 39.5. The van der Waals surface area contributed by atoms with Crippen LogP contribution in [-0.2, 0) is 14.2 Å². The van der Waals surface area contributed by atoms with Crippen LogP contribution in [0.3, 0.4) is 0 Å². The van der Waals surface area contributed by atoms with Crippen molar-refractivity contribution < 1.29 is 19.0 Å². The van der Waals surface area contributed by atoms with Crippen LogP contribution in [0.2, 0.25) is 51.4 Å². The number of aromatic nitrogens is 5. The number of pyridine rings is 1. The molecule has 0 radical (unpaired) electrons. The Hall–Kier alpha value is -3.18. The van der Waals surface area contributed by atoms with Crippen molar-refractivity contribution in [3.63, 3.8) is 0 Å². The Morgan fingerprint density at radius 2 is 1.57 bits per heavy atom. The summed E-state index contributed by atoms with van der Waals surface area (Å²) in [6.07, 6.45) is 9.10. The van der Waals surface area contributed by atoms with Crippen LogP contribution < -0.4 is 4.90 Å². The Bertz CT molecular complexity index is 1830. The normalized spacial score (nSPS) is 19.3. The summed E-state index contributed by atoms with van der Waals surface area (Å²) in [5, 5.41) is 5.85. The molecule has 6 heterocycles. The van der Waals surface area contributed by atoms with Crippen molar-refractivity contribution in [3.05, 3.63) is 47.4 Å². The molecule has 0 spiro atoms. The van der Waals surface area contributed by atoms with E-state index in [0.717, 1.165) is 81.6 Å². The Kier molecular flexibility index (Phi) is 11.8. The highest BCUT2D eigenvalue weighted by Crippen LogP contribution is 2.44. The number of nitrogens with zero attached hydrogens (tertiary/aromatic N) is 7. The number of carbonyl (C=O) groups excluding carboxylic acids is 1. The minimum atomic E-state index is -1.27. The lowest BCUT2D eigenvalue weighted by Crippen LogP contribution is -2.48. The molecule has 11 nitrogen and oxygen atoms in total. The summed E-state index contributed by atoms with van der Waals surface area (Å²) in [4.78, 5) is 33.4. The van der Waals surface area contributed by atoms with Gasteiger partial charge in [-0.25, -0.2) is 14.8 Å². The number of fused-ring (bicyclic) bond motifs is 3. The van der Waals surface area contributed by atoms with E-state index in [1.165, 1.54) is 0 Å². The van der Waals surface area contributed by atoms with Crippen LogP contribution in [0.15, 0.2) is 36.8 Å². The smallest absolute Gasteiger partial charge is 0.410 e. The van der Waals surface area contributed by atoms with Crippen LogP contribution in [0.5, 0.6) is 0 Å². The average molecular weight is 778 g/mol. The summed E-state index contributed by atoms with van der Waals surface area (Å²) in [5.74, 6) is 1.07. The number of anilines is 1. The molecule has 0 aromatic carbocycles. The quantitative estimate of drug-likeness (QED) is 0.0704. The van der Waals surface area contributed by atoms with Crippen molar-refractivity contribution in [3.8, 4) is 21.8 Å². The number of aryl methyl sites for hydroxylation is 1. The molecule has 53 heavy (non-hydrogen) atoms. The van der Waals surface area contributed by atoms with Crippen LogP contribution in [0.1, 0.15) is 62.9 Å². The molecule has 288 valence electrons. The van der Waals surface area contributed by atoms with E-state index in [0.29, 0.717) is 26.7 Å². The standard InChI is InChI=1S/C39H59N7O4SSi2/c1-27-22-41-37(51-27)33-14-11-28(23-40-33)32-24-42-46-35(44(25-48-15-17-52(5,6)7)26-49-16-18-53(8,9)10)21-34(43-36(32)46)29-19-30-12-13-31(20-29)45(30)38(47)50-39(2,3)4/h11,14,21-24,29-31H,12-13,15-20,25-26H2,1-10H3/t29?,30-,31+. The minimum absolute atomic E-state index is 0.122. The van der Waals surface area contributed by atoms with Crippen molar-refractivity contribution in [2.45, 2.75) is 128 Å². The lowest BCUT2D eigenvalue weighted by Gasteiger charge is -2.39. The zero-order valence-electron chi connectivity index (χ0n) is 33.4. The van der Waals surface area contributed by atoms with E-state index in [9.17, 15) is 4.79 Å². The average Bonchev–Trinajstić information content (AvgIpc) is 3.77. The van der Waals surface area contributed by atoms with Crippen LogP contribution in [0.25, 0.3) is 27.5 Å². The van der Waals surface area contributed by atoms with E-state index in [-0.39, 0.29) is 24.1 Å². The van der Waals surface area contributed by atoms with E-state index in [1.807, 2.05) is 54.8 Å². The summed E-state index contributed by atoms with van der Waals surface area (Å²) in [7, 11) is -2.55. The predicted molar refractivity (Wildman–Crippen MR) is 219 cm³/mol. The SMILES string of the molecule is Cc1cnc(-c2ccc(-c3cnn4c(N(COCC[Si](C)(C)C)COCC[Si](C)(C)C)cc(C5C[C@H]6CC[C@@H](C5)N6C(=O)OC(C)(C)C)nc34)cn2)s1. The number of carbonyl (C=O) groups is 1. The molecule has 4 aromatic rings. The number of rotatable bonds is 14. The van der Waals surface area contributed by atoms with Gasteiger partial charge in [-0.1, -0.05) is 45.3 Å². The van der Waals surface area contributed by atoms with E-state index < -0.39 is 21.7 Å². The third kappa shape index (κ3) is 10.1. The Morgan fingerprint density at radius 3 is 2.09 bits per heavy atom. The molecular formula is C39H59N7O4SSi2. The first-order valence-corrected chi connectivity index (χ1v) is 27.4. The van der Waals surface area contributed by atoms with Crippen molar-refractivity contribution in [1.29, 1.82) is 0 Å². The maximum Gasteiger partial charge on any atom is 0.410 e. The van der Waals surface area contributed by atoms with Crippen molar-refractivity contribution in [2.75, 3.05) is 31.6 Å². The van der Waals surface area contributed by atoms with Gasteiger partial charge in [0.25, 0.3) is 0 Å². The van der Waals surface area contributed by atoms with Gasteiger partial charge in [0.2, 0.25) is 0 Å². The van der Waals surface area contributed by atoms with Crippen LogP contribution in [-0.4, -0.2) is 96.1 Å². The topological polar surface area (TPSA) is 107 Å². The van der Waals surface area contributed by atoms with Crippen LogP contribution in [0, 0.1) is 6.92 Å². The zero-order valence-corrected chi connectivity index (χ0v) is 36.3. The number of amides is 1. The largest absolute Gasteiger partial charge is 0.444 e. The molecule has 0 N–H and O–H groups in total. The number of hydrogen-bond acceptors (Lipinski definition) is 10. The highest BCUT2D eigenvalue weighted by Gasteiger charge is 2.45. The highest BCUT2D eigenvalue weighted by atomic mass is 32.1. The van der Waals surface area contributed by atoms with Gasteiger partial charge in [0.15, 0.2) is 5.65 Å². The summed E-state index contributed by atoms with van der Waals surface area (Å²) >= 11 is 1.64. The van der Waals surface area contributed by atoms with E-state index in [1.54, 1.807) is 11.3 Å². The van der Waals surface area contributed by atoms with Gasteiger partial charge in [0.05, 0.1) is 11.9 Å². The summed E-state index contributed by atoms with van der Waals surface area (Å²) in [5.41, 5.74) is 3.95.